The Morgan fingerprint density at radius 2 is 1.91 bits per heavy atom. The van der Waals surface area contributed by atoms with Crippen LogP contribution in [0.5, 0.6) is 0 Å². The number of hydrogen-bond acceptors (Lipinski definition) is 3. The summed E-state index contributed by atoms with van der Waals surface area (Å²) in [5.74, 6) is 0. The van der Waals surface area contributed by atoms with Crippen LogP contribution in [0.1, 0.15) is 46.1 Å². The first kappa shape index (κ1) is 19.5. The fourth-order valence-electron chi connectivity index (χ4n) is 2.31. The lowest BCUT2D eigenvalue weighted by atomic mass is 10.0. The Morgan fingerprint density at radius 3 is 2.48 bits per heavy atom. The summed E-state index contributed by atoms with van der Waals surface area (Å²) in [6.45, 7) is 9.46. The third kappa shape index (κ3) is 8.60. The van der Waals surface area contributed by atoms with Crippen molar-refractivity contribution in [2.45, 2.75) is 58.6 Å². The maximum Gasteiger partial charge on any atom is 0.410 e. The highest BCUT2D eigenvalue weighted by atomic mass is 16.6. The highest BCUT2D eigenvalue weighted by molar-refractivity contribution is 5.67. The van der Waals surface area contributed by atoms with Crippen LogP contribution in [0.4, 0.5) is 4.79 Å². The number of amides is 1. The lowest BCUT2D eigenvalue weighted by Crippen LogP contribution is -2.37. The normalized spacial score (nSPS) is 12.7. The van der Waals surface area contributed by atoms with E-state index in [1.54, 1.807) is 11.9 Å². The summed E-state index contributed by atoms with van der Waals surface area (Å²) in [4.78, 5) is 13.5. The van der Waals surface area contributed by atoms with Gasteiger partial charge in [-0.1, -0.05) is 37.3 Å². The molecule has 1 aromatic rings. The number of carbonyl (C=O) groups excluding carboxylic acids is 1. The van der Waals surface area contributed by atoms with E-state index in [1.807, 2.05) is 26.8 Å². The third-order valence-corrected chi connectivity index (χ3v) is 3.63. The summed E-state index contributed by atoms with van der Waals surface area (Å²) in [5.41, 5.74) is 0.921. The molecule has 4 nitrogen and oxygen atoms in total. The van der Waals surface area contributed by atoms with Gasteiger partial charge in [0.2, 0.25) is 0 Å². The van der Waals surface area contributed by atoms with Gasteiger partial charge in [-0.3, -0.25) is 0 Å². The van der Waals surface area contributed by atoms with Gasteiger partial charge in [0.05, 0.1) is 0 Å². The molecule has 1 unspecified atom stereocenters. The average molecular weight is 320 g/mol. The average Bonchev–Trinajstić information content (AvgIpc) is 2.49. The first-order chi connectivity index (χ1) is 10.8. The summed E-state index contributed by atoms with van der Waals surface area (Å²) >= 11 is 0. The Kier molecular flexibility index (Phi) is 8.10. The molecule has 0 fully saturated rings. The molecule has 0 aliphatic carbocycles. The van der Waals surface area contributed by atoms with Crippen molar-refractivity contribution in [3.05, 3.63) is 35.9 Å². The van der Waals surface area contributed by atoms with E-state index >= 15 is 0 Å². The third-order valence-electron chi connectivity index (χ3n) is 3.63. The Morgan fingerprint density at radius 1 is 1.26 bits per heavy atom. The van der Waals surface area contributed by atoms with Gasteiger partial charge in [-0.15, -0.1) is 0 Å². The minimum absolute atomic E-state index is 0.256. The Balaban J connectivity index is 2.25. The molecule has 1 aromatic carbocycles. The van der Waals surface area contributed by atoms with Gasteiger partial charge >= 0.3 is 6.09 Å². The number of nitrogens with one attached hydrogen (secondary N) is 1. The molecule has 0 bridgehead atoms. The van der Waals surface area contributed by atoms with Crippen LogP contribution < -0.4 is 5.32 Å². The zero-order valence-corrected chi connectivity index (χ0v) is 15.3. The molecule has 0 aromatic heterocycles. The minimum atomic E-state index is -0.438. The summed E-state index contributed by atoms with van der Waals surface area (Å²) in [6, 6.07) is 11.0. The molecule has 0 aliphatic rings. The van der Waals surface area contributed by atoms with E-state index in [9.17, 15) is 4.79 Å². The Labute approximate surface area is 141 Å². The van der Waals surface area contributed by atoms with E-state index in [0.717, 1.165) is 25.8 Å². The van der Waals surface area contributed by atoms with Crippen molar-refractivity contribution in [2.24, 2.45) is 0 Å². The second kappa shape index (κ2) is 9.56. The van der Waals surface area contributed by atoms with Crippen LogP contribution in [0.25, 0.3) is 0 Å². The predicted octanol–water partition coefficient (Wildman–Crippen LogP) is 3.85. The summed E-state index contributed by atoms with van der Waals surface area (Å²) in [7, 11) is 1.79. The molecule has 1 N–H and O–H groups in total. The quantitative estimate of drug-likeness (QED) is 0.740. The van der Waals surface area contributed by atoms with Crippen molar-refractivity contribution in [3.63, 3.8) is 0 Å². The molecule has 0 saturated carbocycles. The molecular weight excluding hydrogens is 288 g/mol. The van der Waals surface area contributed by atoms with E-state index in [-0.39, 0.29) is 6.09 Å². The van der Waals surface area contributed by atoms with Crippen molar-refractivity contribution < 1.29 is 9.53 Å². The van der Waals surface area contributed by atoms with Crippen LogP contribution >= 0.6 is 0 Å². The van der Waals surface area contributed by atoms with E-state index in [4.69, 9.17) is 4.74 Å². The number of carbonyl (C=O) groups is 1. The first-order valence-electron chi connectivity index (χ1n) is 8.53. The fourth-order valence-corrected chi connectivity index (χ4v) is 2.31. The monoisotopic (exact) mass is 320 g/mol. The second-order valence-electron chi connectivity index (χ2n) is 7.00. The molecule has 0 saturated heterocycles. The number of hydrogen-bond donors (Lipinski definition) is 1. The van der Waals surface area contributed by atoms with Crippen LogP contribution in [0.15, 0.2) is 30.3 Å². The molecule has 1 rings (SSSR count). The Hall–Kier alpha value is -1.55. The number of nitrogens with zero attached hydrogens (tertiary/aromatic N) is 1. The molecular formula is C19H32N2O2. The van der Waals surface area contributed by atoms with Gasteiger partial charge in [0.15, 0.2) is 0 Å². The zero-order chi connectivity index (χ0) is 17.3. The Bertz CT molecular complexity index is 454. The molecule has 0 aliphatic heterocycles. The van der Waals surface area contributed by atoms with Gasteiger partial charge in [-0.25, -0.2) is 4.79 Å². The molecule has 0 radical (unpaired) electrons. The number of ether oxygens (including phenoxy) is 1. The van der Waals surface area contributed by atoms with Gasteiger partial charge in [0, 0.05) is 19.6 Å². The number of rotatable bonds is 8. The van der Waals surface area contributed by atoms with Gasteiger partial charge in [-0.05, 0) is 52.1 Å². The van der Waals surface area contributed by atoms with Gasteiger partial charge in [0.25, 0.3) is 0 Å². The lowest BCUT2D eigenvalue weighted by molar-refractivity contribution is 0.0297. The topological polar surface area (TPSA) is 41.6 Å². The number of benzene rings is 1. The maximum atomic E-state index is 11.9. The molecule has 0 spiro atoms. The van der Waals surface area contributed by atoms with Gasteiger partial charge < -0.3 is 15.0 Å². The summed E-state index contributed by atoms with van der Waals surface area (Å²) < 4.78 is 5.34. The highest BCUT2D eigenvalue weighted by Crippen LogP contribution is 2.09. The molecule has 130 valence electrons. The van der Waals surface area contributed by atoms with E-state index in [1.165, 1.54) is 5.56 Å². The van der Waals surface area contributed by atoms with E-state index in [0.29, 0.717) is 12.6 Å². The molecule has 1 atom stereocenters. The standard InChI is InChI=1S/C19H32N2O2/c1-6-17(15-16-11-8-7-9-12-16)20-13-10-14-21(5)18(22)23-19(2,3)4/h7-9,11-12,17,20H,6,10,13-15H2,1-5H3. The van der Waals surface area contributed by atoms with Crippen molar-refractivity contribution >= 4 is 6.09 Å². The van der Waals surface area contributed by atoms with Crippen LogP contribution in [-0.4, -0.2) is 42.8 Å². The zero-order valence-electron chi connectivity index (χ0n) is 15.3. The SMILES string of the molecule is CCC(Cc1ccccc1)NCCCN(C)C(=O)OC(C)(C)C. The molecule has 1 amide bonds. The van der Waals surface area contributed by atoms with Gasteiger partial charge in [0.1, 0.15) is 5.60 Å². The van der Waals surface area contributed by atoms with Gasteiger partial charge in [-0.2, -0.15) is 0 Å². The van der Waals surface area contributed by atoms with Crippen LogP contribution in [-0.2, 0) is 11.2 Å². The highest BCUT2D eigenvalue weighted by Gasteiger charge is 2.19. The second-order valence-corrected chi connectivity index (χ2v) is 7.00. The summed E-state index contributed by atoms with van der Waals surface area (Å²) in [6.07, 6.45) is 2.80. The first-order valence-corrected chi connectivity index (χ1v) is 8.53. The van der Waals surface area contributed by atoms with Crippen molar-refractivity contribution in [3.8, 4) is 0 Å². The van der Waals surface area contributed by atoms with Crippen LogP contribution in [0, 0.1) is 0 Å². The van der Waals surface area contributed by atoms with E-state index in [2.05, 4.69) is 36.5 Å². The fraction of sp³-hybridized carbons (Fsp3) is 0.632. The van der Waals surface area contributed by atoms with Crippen LogP contribution in [0.2, 0.25) is 0 Å². The molecule has 0 heterocycles. The van der Waals surface area contributed by atoms with E-state index < -0.39 is 5.60 Å². The van der Waals surface area contributed by atoms with Crippen LogP contribution in [0.3, 0.4) is 0 Å². The van der Waals surface area contributed by atoms with Crippen molar-refractivity contribution in [1.82, 2.24) is 10.2 Å². The molecule has 4 heteroatoms. The molecule has 23 heavy (non-hydrogen) atoms. The minimum Gasteiger partial charge on any atom is -0.444 e. The largest absolute Gasteiger partial charge is 0.444 e. The predicted molar refractivity (Wildman–Crippen MR) is 95.7 cm³/mol. The lowest BCUT2D eigenvalue weighted by Gasteiger charge is -2.25. The van der Waals surface area contributed by atoms with Crippen molar-refractivity contribution in [1.29, 1.82) is 0 Å². The maximum absolute atomic E-state index is 11.9. The summed E-state index contributed by atoms with van der Waals surface area (Å²) in [5, 5.41) is 3.58. The van der Waals surface area contributed by atoms with Crippen molar-refractivity contribution in [2.75, 3.05) is 20.1 Å². The smallest absolute Gasteiger partial charge is 0.410 e.